The molecule has 7 heteroatoms. The van der Waals surface area contributed by atoms with Gasteiger partial charge in [-0.05, 0) is 50.5 Å². The molecule has 0 aliphatic heterocycles. The first-order chi connectivity index (χ1) is 15.3. The van der Waals surface area contributed by atoms with Gasteiger partial charge in [0.2, 0.25) is 5.78 Å². The number of rotatable bonds is 3. The van der Waals surface area contributed by atoms with E-state index in [2.05, 4.69) is 32.0 Å². The van der Waals surface area contributed by atoms with Crippen molar-refractivity contribution in [2.75, 3.05) is 0 Å². The lowest BCUT2D eigenvalue weighted by atomic mass is 10.1. The lowest BCUT2D eigenvalue weighted by molar-refractivity contribution is 0.656. The van der Waals surface area contributed by atoms with Crippen LogP contribution in [0, 0.1) is 27.7 Å². The zero-order valence-electron chi connectivity index (χ0n) is 18.9. The highest BCUT2D eigenvalue weighted by atomic mass is 16.2. The van der Waals surface area contributed by atoms with Gasteiger partial charge in [-0.15, -0.1) is 0 Å². The van der Waals surface area contributed by atoms with Gasteiger partial charge in [0.25, 0.3) is 5.56 Å². The third kappa shape index (κ3) is 2.92. The topological polar surface area (TPSA) is 66.2 Å². The van der Waals surface area contributed by atoms with Crippen LogP contribution in [0.3, 0.4) is 0 Å². The summed E-state index contributed by atoms with van der Waals surface area (Å²) < 4.78 is 6.59. The molecule has 0 aliphatic rings. The van der Waals surface area contributed by atoms with E-state index in [1.807, 2.05) is 48.9 Å². The number of hydrogen-bond acceptors (Lipinski definition) is 3. The molecule has 32 heavy (non-hydrogen) atoms. The highest BCUT2D eigenvalue weighted by Gasteiger charge is 2.21. The second-order valence-corrected chi connectivity index (χ2v) is 8.57. The SMILES string of the molecule is Cc1ccc(Cn2c(=O)c3c(nc4n(-c5cc(C)ccc5C)c(C)cn34)n(C)c2=O)cc1. The molecule has 0 bridgehead atoms. The number of benzene rings is 2. The molecule has 0 amide bonds. The third-order valence-corrected chi connectivity index (χ3v) is 6.09. The summed E-state index contributed by atoms with van der Waals surface area (Å²) in [6.45, 7) is 8.32. The van der Waals surface area contributed by atoms with Crippen LogP contribution in [0.1, 0.15) is 27.9 Å². The van der Waals surface area contributed by atoms with Gasteiger partial charge < -0.3 is 0 Å². The molecule has 0 fully saturated rings. The third-order valence-electron chi connectivity index (χ3n) is 6.09. The number of fused-ring (bicyclic) bond motifs is 3. The van der Waals surface area contributed by atoms with Crippen molar-refractivity contribution in [1.29, 1.82) is 0 Å². The Morgan fingerprint density at radius 2 is 1.59 bits per heavy atom. The zero-order chi connectivity index (χ0) is 22.7. The summed E-state index contributed by atoms with van der Waals surface area (Å²) in [7, 11) is 1.66. The van der Waals surface area contributed by atoms with Crippen molar-refractivity contribution in [3.63, 3.8) is 0 Å². The molecular weight excluding hydrogens is 402 g/mol. The van der Waals surface area contributed by atoms with Crippen LogP contribution in [0.4, 0.5) is 0 Å². The Kier molecular flexibility index (Phi) is 4.44. The van der Waals surface area contributed by atoms with Gasteiger partial charge >= 0.3 is 5.69 Å². The maximum Gasteiger partial charge on any atom is 0.332 e. The fraction of sp³-hybridized carbons (Fsp3) is 0.240. The number of aromatic nitrogens is 5. The number of imidazole rings is 2. The predicted molar refractivity (Wildman–Crippen MR) is 126 cm³/mol. The van der Waals surface area contributed by atoms with E-state index in [9.17, 15) is 9.59 Å². The molecular formula is C25H25N5O2. The first kappa shape index (κ1) is 20.1. The van der Waals surface area contributed by atoms with E-state index >= 15 is 0 Å². The lowest BCUT2D eigenvalue weighted by Crippen LogP contribution is -2.39. The maximum absolute atomic E-state index is 13.5. The molecule has 7 nitrogen and oxygen atoms in total. The molecule has 5 rings (SSSR count). The fourth-order valence-electron chi connectivity index (χ4n) is 4.28. The summed E-state index contributed by atoms with van der Waals surface area (Å²) >= 11 is 0. The van der Waals surface area contributed by atoms with E-state index in [4.69, 9.17) is 4.98 Å². The van der Waals surface area contributed by atoms with Crippen molar-refractivity contribution in [2.24, 2.45) is 7.05 Å². The van der Waals surface area contributed by atoms with Crippen molar-refractivity contribution in [1.82, 2.24) is 23.1 Å². The van der Waals surface area contributed by atoms with Gasteiger partial charge in [0.1, 0.15) is 0 Å². The Bertz CT molecular complexity index is 1630. The van der Waals surface area contributed by atoms with E-state index in [0.29, 0.717) is 16.9 Å². The largest absolute Gasteiger partial charge is 0.332 e. The number of nitrogens with zero attached hydrogens (tertiary/aromatic N) is 5. The van der Waals surface area contributed by atoms with Gasteiger partial charge in [-0.1, -0.05) is 42.0 Å². The van der Waals surface area contributed by atoms with E-state index in [-0.39, 0.29) is 17.8 Å². The summed E-state index contributed by atoms with van der Waals surface area (Å²) in [6, 6.07) is 14.1. The lowest BCUT2D eigenvalue weighted by Gasteiger charge is -2.10. The molecule has 2 aromatic carbocycles. The predicted octanol–water partition coefficient (Wildman–Crippen LogP) is 3.42. The average molecular weight is 428 g/mol. The fourth-order valence-corrected chi connectivity index (χ4v) is 4.28. The molecule has 162 valence electrons. The average Bonchev–Trinajstić information content (AvgIpc) is 3.27. The molecule has 0 unspecified atom stereocenters. The van der Waals surface area contributed by atoms with E-state index in [1.54, 1.807) is 11.4 Å². The standard InChI is InChI=1S/C25H25N5O2/c1-15-7-10-19(11-8-15)14-29-23(31)21-22(27(5)25(29)32)26-24-28(21)13-18(4)30(24)20-12-16(2)6-9-17(20)3/h6-13H,14H2,1-5H3. The van der Waals surface area contributed by atoms with Crippen molar-refractivity contribution >= 4 is 16.9 Å². The Labute approximate surface area is 184 Å². The Morgan fingerprint density at radius 3 is 2.31 bits per heavy atom. The summed E-state index contributed by atoms with van der Waals surface area (Å²) in [5.74, 6) is 0.617. The molecule has 0 aliphatic carbocycles. The van der Waals surface area contributed by atoms with Crippen LogP contribution in [-0.4, -0.2) is 23.1 Å². The molecule has 0 atom stereocenters. The summed E-state index contributed by atoms with van der Waals surface area (Å²) in [4.78, 5) is 31.3. The highest BCUT2D eigenvalue weighted by Crippen LogP contribution is 2.24. The first-order valence-electron chi connectivity index (χ1n) is 10.6. The minimum atomic E-state index is -0.376. The first-order valence-corrected chi connectivity index (χ1v) is 10.6. The minimum absolute atomic E-state index is 0.214. The van der Waals surface area contributed by atoms with Gasteiger partial charge in [0.15, 0.2) is 11.2 Å². The highest BCUT2D eigenvalue weighted by molar-refractivity contribution is 5.76. The zero-order valence-corrected chi connectivity index (χ0v) is 18.9. The van der Waals surface area contributed by atoms with Gasteiger partial charge in [-0.25, -0.2) is 4.79 Å². The Hall–Kier alpha value is -3.87. The van der Waals surface area contributed by atoms with Gasteiger partial charge in [0, 0.05) is 18.9 Å². The van der Waals surface area contributed by atoms with Crippen molar-refractivity contribution in [3.8, 4) is 5.69 Å². The van der Waals surface area contributed by atoms with Crippen LogP contribution in [0.2, 0.25) is 0 Å². The van der Waals surface area contributed by atoms with E-state index in [1.165, 1.54) is 9.13 Å². The van der Waals surface area contributed by atoms with Crippen LogP contribution in [0.25, 0.3) is 22.6 Å². The molecule has 5 aromatic rings. The van der Waals surface area contributed by atoms with Crippen LogP contribution >= 0.6 is 0 Å². The molecule has 3 heterocycles. The second-order valence-electron chi connectivity index (χ2n) is 8.57. The smallest absolute Gasteiger partial charge is 0.283 e. The number of aryl methyl sites for hydroxylation is 5. The molecule has 0 radical (unpaired) electrons. The van der Waals surface area contributed by atoms with Gasteiger partial charge in [-0.2, -0.15) is 4.98 Å². The monoisotopic (exact) mass is 427 g/mol. The summed E-state index contributed by atoms with van der Waals surface area (Å²) in [6.07, 6.45) is 1.91. The van der Waals surface area contributed by atoms with Crippen molar-refractivity contribution in [3.05, 3.63) is 97.4 Å². The number of hydrogen-bond donors (Lipinski definition) is 0. The van der Waals surface area contributed by atoms with Crippen LogP contribution < -0.4 is 11.2 Å². The maximum atomic E-state index is 13.5. The normalized spacial score (nSPS) is 11.7. The van der Waals surface area contributed by atoms with Crippen molar-refractivity contribution in [2.45, 2.75) is 34.2 Å². The van der Waals surface area contributed by atoms with Crippen molar-refractivity contribution < 1.29 is 0 Å². The Morgan fingerprint density at radius 1 is 0.906 bits per heavy atom. The summed E-state index contributed by atoms with van der Waals surface area (Å²) in [5.41, 5.74) is 6.32. The Balaban J connectivity index is 1.80. The molecule has 0 saturated carbocycles. The second kappa shape index (κ2) is 7.09. The van der Waals surface area contributed by atoms with E-state index in [0.717, 1.165) is 33.6 Å². The quantitative estimate of drug-likeness (QED) is 0.443. The van der Waals surface area contributed by atoms with Crippen LogP contribution in [0.5, 0.6) is 0 Å². The van der Waals surface area contributed by atoms with Crippen LogP contribution in [0.15, 0.2) is 58.3 Å². The van der Waals surface area contributed by atoms with Gasteiger partial charge in [0.05, 0.1) is 12.2 Å². The molecule has 0 spiro atoms. The minimum Gasteiger partial charge on any atom is -0.283 e. The molecule has 3 aromatic heterocycles. The molecule has 0 saturated heterocycles. The van der Waals surface area contributed by atoms with Gasteiger partial charge in [-0.3, -0.25) is 22.9 Å². The molecule has 0 N–H and O–H groups in total. The summed E-state index contributed by atoms with van der Waals surface area (Å²) in [5, 5.41) is 0. The van der Waals surface area contributed by atoms with Crippen LogP contribution in [-0.2, 0) is 13.6 Å². The van der Waals surface area contributed by atoms with E-state index < -0.39 is 0 Å².